The van der Waals surface area contributed by atoms with E-state index in [1.807, 2.05) is 0 Å². The summed E-state index contributed by atoms with van der Waals surface area (Å²) >= 11 is 0. The fraction of sp³-hybridized carbons (Fsp3) is 0.273. The standard InChI is InChI=1S/C11H12F2O2.C11H10F2O2/c2*1-2-11(12,13)8-15-10(14)9-6-4-3-5-7-9/h3-7H,2,8H2,1H3;2-7H,1,8H2. The molecule has 0 aliphatic heterocycles. The quantitative estimate of drug-likeness (QED) is 0.315. The number of hydrogen-bond acceptors (Lipinski definition) is 4. The molecule has 8 heteroatoms. The molecule has 0 N–H and O–H groups in total. The summed E-state index contributed by atoms with van der Waals surface area (Å²) in [5.74, 6) is -7.60. The van der Waals surface area contributed by atoms with E-state index >= 15 is 0 Å². The van der Waals surface area contributed by atoms with E-state index in [2.05, 4.69) is 16.1 Å². The molecule has 4 nitrogen and oxygen atoms in total. The lowest BCUT2D eigenvalue weighted by Crippen LogP contribution is -2.24. The molecule has 0 radical (unpaired) electrons. The number of esters is 2. The molecule has 162 valence electrons. The van der Waals surface area contributed by atoms with Crippen LogP contribution in [-0.2, 0) is 9.47 Å². The summed E-state index contributed by atoms with van der Waals surface area (Å²) < 4.78 is 59.7. The summed E-state index contributed by atoms with van der Waals surface area (Å²) in [6, 6.07) is 16.0. The van der Waals surface area contributed by atoms with Crippen molar-refractivity contribution in [1.29, 1.82) is 0 Å². The average Bonchev–Trinajstić information content (AvgIpc) is 2.77. The minimum atomic E-state index is -3.18. The molecular formula is C22H22F4O4. The topological polar surface area (TPSA) is 52.6 Å². The van der Waals surface area contributed by atoms with Crippen LogP contribution in [0.15, 0.2) is 73.3 Å². The molecule has 0 aliphatic carbocycles. The lowest BCUT2D eigenvalue weighted by Gasteiger charge is -2.13. The van der Waals surface area contributed by atoms with Crippen molar-refractivity contribution in [3.63, 3.8) is 0 Å². The minimum Gasteiger partial charge on any atom is -0.456 e. The van der Waals surface area contributed by atoms with Gasteiger partial charge in [-0.2, -0.15) is 8.78 Å². The number of rotatable bonds is 8. The molecule has 0 fully saturated rings. The summed E-state index contributed by atoms with van der Waals surface area (Å²) in [6.07, 6.45) is 0.111. The molecule has 0 heterocycles. The normalized spacial score (nSPS) is 11.0. The monoisotopic (exact) mass is 426 g/mol. The Hall–Kier alpha value is -3.16. The predicted molar refractivity (Wildman–Crippen MR) is 104 cm³/mol. The van der Waals surface area contributed by atoms with Crippen molar-refractivity contribution in [1.82, 2.24) is 0 Å². The Morgan fingerprint density at radius 2 is 1.23 bits per heavy atom. The summed E-state index contributed by atoms with van der Waals surface area (Å²) in [4.78, 5) is 22.5. The Kier molecular flexibility index (Phi) is 9.74. The lowest BCUT2D eigenvalue weighted by molar-refractivity contribution is -0.0629. The van der Waals surface area contributed by atoms with Crippen LogP contribution in [0.3, 0.4) is 0 Å². The van der Waals surface area contributed by atoms with Crippen molar-refractivity contribution in [2.24, 2.45) is 0 Å². The van der Waals surface area contributed by atoms with Crippen LogP contribution in [0.2, 0.25) is 0 Å². The first-order valence-corrected chi connectivity index (χ1v) is 8.94. The highest BCUT2D eigenvalue weighted by atomic mass is 19.3. The van der Waals surface area contributed by atoms with Crippen LogP contribution in [0.5, 0.6) is 0 Å². The third-order valence-electron chi connectivity index (χ3n) is 3.65. The third kappa shape index (κ3) is 9.36. The van der Waals surface area contributed by atoms with Gasteiger partial charge in [0.05, 0.1) is 11.1 Å². The highest BCUT2D eigenvalue weighted by Crippen LogP contribution is 2.18. The van der Waals surface area contributed by atoms with E-state index in [-0.39, 0.29) is 17.5 Å². The van der Waals surface area contributed by atoms with Crippen molar-refractivity contribution in [3.8, 4) is 0 Å². The van der Waals surface area contributed by atoms with Gasteiger partial charge in [-0.3, -0.25) is 0 Å². The largest absolute Gasteiger partial charge is 0.456 e. The summed E-state index contributed by atoms with van der Waals surface area (Å²) in [6.45, 7) is 2.44. The van der Waals surface area contributed by atoms with Crippen LogP contribution in [0.1, 0.15) is 34.1 Å². The van der Waals surface area contributed by atoms with E-state index in [0.29, 0.717) is 6.08 Å². The van der Waals surface area contributed by atoms with E-state index in [1.54, 1.807) is 36.4 Å². The van der Waals surface area contributed by atoms with Gasteiger partial charge in [-0.05, 0) is 30.3 Å². The maximum absolute atomic E-state index is 12.8. The van der Waals surface area contributed by atoms with Gasteiger partial charge in [0.1, 0.15) is 0 Å². The molecule has 0 aromatic heterocycles. The maximum atomic E-state index is 12.8. The second-order valence-electron chi connectivity index (χ2n) is 6.06. The highest BCUT2D eigenvalue weighted by molar-refractivity contribution is 5.89. The smallest absolute Gasteiger partial charge is 0.338 e. The first kappa shape index (κ1) is 24.9. The number of alkyl halides is 4. The predicted octanol–water partition coefficient (Wildman–Crippen LogP) is 5.55. The number of halogens is 4. The van der Waals surface area contributed by atoms with Gasteiger partial charge in [-0.25, -0.2) is 18.4 Å². The van der Waals surface area contributed by atoms with Crippen LogP contribution in [0, 0.1) is 0 Å². The molecule has 0 amide bonds. The Balaban J connectivity index is 0.000000300. The average molecular weight is 426 g/mol. The Morgan fingerprint density at radius 3 is 1.60 bits per heavy atom. The van der Waals surface area contributed by atoms with Gasteiger partial charge >= 0.3 is 11.9 Å². The first-order valence-electron chi connectivity index (χ1n) is 8.94. The summed E-state index contributed by atoms with van der Waals surface area (Å²) in [5.41, 5.74) is 0.529. The zero-order chi connectivity index (χ0) is 22.6. The van der Waals surface area contributed by atoms with Crippen molar-refractivity contribution < 1.29 is 36.6 Å². The zero-order valence-corrected chi connectivity index (χ0v) is 16.3. The number of carbonyl (C=O) groups excluding carboxylic acids is 2. The molecule has 2 rings (SSSR count). The molecule has 0 saturated carbocycles. The molecule has 0 saturated heterocycles. The third-order valence-corrected chi connectivity index (χ3v) is 3.65. The molecule has 0 unspecified atom stereocenters. The van der Waals surface area contributed by atoms with Crippen molar-refractivity contribution >= 4 is 11.9 Å². The van der Waals surface area contributed by atoms with Gasteiger partial charge in [0.2, 0.25) is 0 Å². The van der Waals surface area contributed by atoms with Gasteiger partial charge in [0.15, 0.2) is 13.2 Å². The first-order chi connectivity index (χ1) is 14.1. The molecule has 0 spiro atoms. The molecule has 2 aromatic carbocycles. The van der Waals surface area contributed by atoms with Crippen LogP contribution in [0.4, 0.5) is 17.6 Å². The summed E-state index contributed by atoms with van der Waals surface area (Å²) in [5, 5.41) is 0. The van der Waals surface area contributed by atoms with Crippen molar-refractivity contribution in [2.45, 2.75) is 25.2 Å². The van der Waals surface area contributed by atoms with Gasteiger partial charge in [0.25, 0.3) is 11.8 Å². The summed E-state index contributed by atoms with van der Waals surface area (Å²) in [7, 11) is 0. The lowest BCUT2D eigenvalue weighted by atomic mass is 10.2. The zero-order valence-electron chi connectivity index (χ0n) is 16.3. The second kappa shape index (κ2) is 11.7. The second-order valence-corrected chi connectivity index (χ2v) is 6.06. The van der Waals surface area contributed by atoms with E-state index < -0.39 is 37.0 Å². The number of benzene rings is 2. The van der Waals surface area contributed by atoms with Gasteiger partial charge in [-0.1, -0.05) is 49.9 Å². The molecule has 2 aromatic rings. The SMILES string of the molecule is C=CC(F)(F)COC(=O)c1ccccc1.CCC(F)(F)COC(=O)c1ccccc1. The molecular weight excluding hydrogens is 404 g/mol. The maximum Gasteiger partial charge on any atom is 0.338 e. The van der Waals surface area contributed by atoms with Gasteiger partial charge in [0, 0.05) is 6.42 Å². The fourth-order valence-electron chi connectivity index (χ4n) is 1.81. The molecule has 0 bridgehead atoms. The fourth-order valence-corrected chi connectivity index (χ4v) is 1.81. The van der Waals surface area contributed by atoms with Crippen LogP contribution in [0.25, 0.3) is 0 Å². The number of hydrogen-bond donors (Lipinski definition) is 0. The Morgan fingerprint density at radius 1 is 0.833 bits per heavy atom. The van der Waals surface area contributed by atoms with Gasteiger partial charge < -0.3 is 9.47 Å². The van der Waals surface area contributed by atoms with Crippen molar-refractivity contribution in [3.05, 3.63) is 84.4 Å². The van der Waals surface area contributed by atoms with E-state index in [4.69, 9.17) is 0 Å². The minimum absolute atomic E-state index is 0.248. The van der Waals surface area contributed by atoms with E-state index in [0.717, 1.165) is 0 Å². The van der Waals surface area contributed by atoms with Crippen LogP contribution < -0.4 is 0 Å². The van der Waals surface area contributed by atoms with Crippen molar-refractivity contribution in [2.75, 3.05) is 13.2 Å². The molecule has 0 atom stereocenters. The number of ether oxygens (including phenoxy) is 2. The van der Waals surface area contributed by atoms with Gasteiger partial charge in [-0.15, -0.1) is 0 Å². The molecule has 0 aliphatic rings. The Labute approximate surface area is 172 Å². The van der Waals surface area contributed by atoms with E-state index in [1.165, 1.54) is 31.2 Å². The highest BCUT2D eigenvalue weighted by Gasteiger charge is 2.28. The van der Waals surface area contributed by atoms with E-state index in [9.17, 15) is 27.2 Å². The Bertz CT molecular complexity index is 808. The molecule has 30 heavy (non-hydrogen) atoms. The van der Waals surface area contributed by atoms with Crippen LogP contribution in [-0.4, -0.2) is 37.0 Å². The number of carbonyl (C=O) groups is 2. The van der Waals surface area contributed by atoms with Crippen LogP contribution >= 0.6 is 0 Å².